The van der Waals surface area contributed by atoms with Gasteiger partial charge in [-0.1, -0.05) is 17.7 Å². The predicted octanol–water partition coefficient (Wildman–Crippen LogP) is 4.08. The molecule has 2 aromatic carbocycles. The first kappa shape index (κ1) is 19.0. The SMILES string of the molecule is COc1cc(COC(=O)c2cc(Cl)c3c(c2)OCCO3)ccc1OC(F)F. The van der Waals surface area contributed by atoms with Crippen LogP contribution in [0.3, 0.4) is 0 Å². The minimum Gasteiger partial charge on any atom is -0.493 e. The topological polar surface area (TPSA) is 63.2 Å². The molecule has 0 atom stereocenters. The molecule has 6 nitrogen and oxygen atoms in total. The Bertz CT molecular complexity index is 843. The van der Waals surface area contributed by atoms with E-state index in [1.165, 1.54) is 37.4 Å². The van der Waals surface area contributed by atoms with Crippen LogP contribution in [-0.4, -0.2) is 32.9 Å². The second-order valence-corrected chi connectivity index (χ2v) is 5.83. The van der Waals surface area contributed by atoms with E-state index in [1.807, 2.05) is 0 Å². The Morgan fingerprint density at radius 3 is 2.70 bits per heavy atom. The van der Waals surface area contributed by atoms with Gasteiger partial charge in [0, 0.05) is 0 Å². The highest BCUT2D eigenvalue weighted by molar-refractivity contribution is 6.32. The van der Waals surface area contributed by atoms with E-state index in [-0.39, 0.29) is 28.7 Å². The molecule has 27 heavy (non-hydrogen) atoms. The van der Waals surface area contributed by atoms with Crippen molar-refractivity contribution in [3.8, 4) is 23.0 Å². The van der Waals surface area contributed by atoms with E-state index in [4.69, 9.17) is 30.5 Å². The largest absolute Gasteiger partial charge is 0.493 e. The van der Waals surface area contributed by atoms with E-state index in [0.29, 0.717) is 30.3 Å². The van der Waals surface area contributed by atoms with Crippen molar-refractivity contribution in [3.05, 3.63) is 46.5 Å². The maximum absolute atomic E-state index is 12.4. The van der Waals surface area contributed by atoms with Gasteiger partial charge in [0.05, 0.1) is 17.7 Å². The molecule has 0 unspecified atom stereocenters. The fourth-order valence-corrected chi connectivity index (χ4v) is 2.72. The third kappa shape index (κ3) is 4.51. The molecule has 1 heterocycles. The molecule has 0 amide bonds. The monoisotopic (exact) mass is 400 g/mol. The Balaban J connectivity index is 1.70. The van der Waals surface area contributed by atoms with Gasteiger partial charge in [-0.05, 0) is 29.8 Å². The van der Waals surface area contributed by atoms with E-state index >= 15 is 0 Å². The number of hydrogen-bond donors (Lipinski definition) is 0. The van der Waals surface area contributed by atoms with Crippen LogP contribution in [0.4, 0.5) is 8.78 Å². The number of ether oxygens (including phenoxy) is 5. The van der Waals surface area contributed by atoms with Crippen molar-refractivity contribution in [2.45, 2.75) is 13.2 Å². The second-order valence-electron chi connectivity index (χ2n) is 5.42. The summed E-state index contributed by atoms with van der Waals surface area (Å²) in [5.41, 5.74) is 0.735. The molecule has 0 saturated carbocycles. The molecule has 1 aliphatic rings. The van der Waals surface area contributed by atoms with Gasteiger partial charge < -0.3 is 23.7 Å². The summed E-state index contributed by atoms with van der Waals surface area (Å²) in [6, 6.07) is 7.17. The van der Waals surface area contributed by atoms with Crippen molar-refractivity contribution in [2.24, 2.45) is 0 Å². The molecule has 9 heteroatoms. The molecule has 0 N–H and O–H groups in total. The van der Waals surface area contributed by atoms with Gasteiger partial charge in [-0.25, -0.2) is 4.79 Å². The van der Waals surface area contributed by atoms with Gasteiger partial charge in [0.1, 0.15) is 19.8 Å². The van der Waals surface area contributed by atoms with Gasteiger partial charge in [0.25, 0.3) is 0 Å². The maximum Gasteiger partial charge on any atom is 0.387 e. The van der Waals surface area contributed by atoms with E-state index < -0.39 is 12.6 Å². The highest BCUT2D eigenvalue weighted by Gasteiger charge is 2.20. The number of rotatable bonds is 6. The van der Waals surface area contributed by atoms with E-state index in [9.17, 15) is 13.6 Å². The van der Waals surface area contributed by atoms with E-state index in [2.05, 4.69) is 4.74 Å². The third-order valence-corrected chi connectivity index (χ3v) is 3.93. The number of benzene rings is 2. The molecule has 0 aliphatic carbocycles. The van der Waals surface area contributed by atoms with Crippen molar-refractivity contribution in [3.63, 3.8) is 0 Å². The number of fused-ring (bicyclic) bond motifs is 1. The van der Waals surface area contributed by atoms with Gasteiger partial charge >= 0.3 is 12.6 Å². The molecule has 0 radical (unpaired) electrons. The lowest BCUT2D eigenvalue weighted by Gasteiger charge is -2.20. The van der Waals surface area contributed by atoms with Crippen molar-refractivity contribution in [1.29, 1.82) is 0 Å². The molecule has 0 saturated heterocycles. The molecule has 0 aromatic heterocycles. The summed E-state index contributed by atoms with van der Waals surface area (Å²) < 4.78 is 50.1. The quantitative estimate of drug-likeness (QED) is 0.681. The van der Waals surface area contributed by atoms with Gasteiger partial charge in [-0.2, -0.15) is 8.78 Å². The lowest BCUT2D eigenvalue weighted by atomic mass is 10.2. The van der Waals surface area contributed by atoms with Crippen LogP contribution in [0.5, 0.6) is 23.0 Å². The van der Waals surface area contributed by atoms with Crippen LogP contribution in [0.15, 0.2) is 30.3 Å². The fraction of sp³-hybridized carbons (Fsp3) is 0.278. The van der Waals surface area contributed by atoms with Crippen LogP contribution >= 0.6 is 11.6 Å². The minimum atomic E-state index is -2.97. The molecule has 3 rings (SSSR count). The molecule has 0 bridgehead atoms. The van der Waals surface area contributed by atoms with Crippen LogP contribution < -0.4 is 18.9 Å². The van der Waals surface area contributed by atoms with Gasteiger partial charge in [0.15, 0.2) is 23.0 Å². The number of methoxy groups -OCH3 is 1. The van der Waals surface area contributed by atoms with E-state index in [1.54, 1.807) is 0 Å². The summed E-state index contributed by atoms with van der Waals surface area (Å²) in [6.07, 6.45) is 0. The molecule has 1 aliphatic heterocycles. The normalized spacial score (nSPS) is 12.6. The summed E-state index contributed by atoms with van der Waals surface area (Å²) in [6.45, 7) is -2.34. The number of hydrogen-bond acceptors (Lipinski definition) is 6. The number of carbonyl (C=O) groups is 1. The molecular formula is C18H15ClF2O6. The predicted molar refractivity (Wildman–Crippen MR) is 91.2 cm³/mol. The Morgan fingerprint density at radius 1 is 1.19 bits per heavy atom. The number of carbonyl (C=O) groups excluding carboxylic acids is 1. The lowest BCUT2D eigenvalue weighted by Crippen LogP contribution is -2.16. The zero-order valence-electron chi connectivity index (χ0n) is 14.2. The average molecular weight is 401 g/mol. The summed E-state index contributed by atoms with van der Waals surface area (Å²) in [5.74, 6) is 0.128. The van der Waals surface area contributed by atoms with Crippen LogP contribution in [0.1, 0.15) is 15.9 Å². The molecule has 0 fully saturated rings. The summed E-state index contributed by atoms with van der Waals surface area (Å²) in [4.78, 5) is 12.3. The van der Waals surface area contributed by atoms with Gasteiger partial charge in [-0.3, -0.25) is 0 Å². The maximum atomic E-state index is 12.4. The first-order valence-electron chi connectivity index (χ1n) is 7.86. The standard InChI is InChI=1S/C18H15ClF2O6/c1-23-14-6-10(2-3-13(14)27-18(20)21)9-26-17(22)11-7-12(19)16-15(8-11)24-4-5-25-16/h2-3,6-8,18H,4-5,9H2,1H3. The van der Waals surface area contributed by atoms with Crippen LogP contribution in [0.2, 0.25) is 5.02 Å². The minimum absolute atomic E-state index is 0.101. The zero-order valence-corrected chi connectivity index (χ0v) is 14.9. The Labute approximate surface area is 158 Å². The zero-order chi connectivity index (χ0) is 19.4. The lowest BCUT2D eigenvalue weighted by molar-refractivity contribution is -0.0512. The highest BCUT2D eigenvalue weighted by atomic mass is 35.5. The number of alkyl halides is 2. The first-order valence-corrected chi connectivity index (χ1v) is 8.23. The number of esters is 1. The summed E-state index contributed by atoms with van der Waals surface area (Å²) in [7, 11) is 1.32. The van der Waals surface area contributed by atoms with Crippen molar-refractivity contribution in [2.75, 3.05) is 20.3 Å². The van der Waals surface area contributed by atoms with Gasteiger partial charge in [0.2, 0.25) is 0 Å². The fourth-order valence-electron chi connectivity index (χ4n) is 2.46. The molecular weight excluding hydrogens is 386 g/mol. The molecule has 0 spiro atoms. The van der Waals surface area contributed by atoms with Crippen LogP contribution in [-0.2, 0) is 11.3 Å². The molecule has 2 aromatic rings. The van der Waals surface area contributed by atoms with Crippen LogP contribution in [0, 0.1) is 0 Å². The Kier molecular flexibility index (Phi) is 5.85. The van der Waals surface area contributed by atoms with Crippen molar-refractivity contribution >= 4 is 17.6 Å². The Hall–Kier alpha value is -2.74. The smallest absolute Gasteiger partial charge is 0.387 e. The summed E-state index contributed by atoms with van der Waals surface area (Å²) >= 11 is 6.10. The van der Waals surface area contributed by atoms with E-state index in [0.717, 1.165) is 0 Å². The molecule has 144 valence electrons. The van der Waals surface area contributed by atoms with Crippen molar-refractivity contribution < 1.29 is 37.3 Å². The Morgan fingerprint density at radius 2 is 1.96 bits per heavy atom. The second kappa shape index (κ2) is 8.30. The van der Waals surface area contributed by atoms with Gasteiger partial charge in [-0.15, -0.1) is 0 Å². The summed E-state index contributed by atoms with van der Waals surface area (Å²) in [5, 5.41) is 0.245. The highest BCUT2D eigenvalue weighted by Crippen LogP contribution is 2.38. The average Bonchev–Trinajstić information content (AvgIpc) is 2.66. The van der Waals surface area contributed by atoms with Crippen molar-refractivity contribution in [1.82, 2.24) is 0 Å². The third-order valence-electron chi connectivity index (χ3n) is 3.65. The number of halogens is 3. The van der Waals surface area contributed by atoms with Crippen LogP contribution in [0.25, 0.3) is 0 Å². The first-order chi connectivity index (χ1) is 13.0.